The van der Waals surface area contributed by atoms with Gasteiger partial charge >= 0.3 is 6.18 Å². The van der Waals surface area contributed by atoms with Gasteiger partial charge in [-0.1, -0.05) is 11.6 Å². The van der Waals surface area contributed by atoms with Crippen molar-refractivity contribution in [3.05, 3.63) is 38.9 Å². The summed E-state index contributed by atoms with van der Waals surface area (Å²) in [6, 6.07) is 1.80. The van der Waals surface area contributed by atoms with Gasteiger partial charge in [0.2, 0.25) is 0 Å². The fourth-order valence-corrected chi connectivity index (χ4v) is 1.55. The fraction of sp³-hybridized carbons (Fsp3) is 0.333. The zero-order valence-electron chi connectivity index (χ0n) is 8.78. The van der Waals surface area contributed by atoms with E-state index in [0.29, 0.717) is 0 Å². The van der Waals surface area contributed by atoms with Gasteiger partial charge in [0.25, 0.3) is 5.69 Å². The minimum absolute atomic E-state index is 0. The number of rotatable bonds is 3. The van der Waals surface area contributed by atoms with E-state index in [9.17, 15) is 23.3 Å². The Kier molecular flexibility index (Phi) is 5.85. The van der Waals surface area contributed by atoms with Gasteiger partial charge in [-0.15, -0.1) is 12.4 Å². The second-order valence-electron chi connectivity index (χ2n) is 3.39. The summed E-state index contributed by atoms with van der Waals surface area (Å²) >= 11 is 5.65. The van der Waals surface area contributed by atoms with Crippen LogP contribution in [0.3, 0.4) is 0 Å². The van der Waals surface area contributed by atoms with E-state index in [0.717, 1.165) is 18.2 Å². The quantitative estimate of drug-likeness (QED) is 0.685. The Morgan fingerprint density at radius 3 is 2.44 bits per heavy atom. The van der Waals surface area contributed by atoms with E-state index in [2.05, 4.69) is 0 Å². The molecule has 0 spiro atoms. The molecule has 0 heterocycles. The van der Waals surface area contributed by atoms with E-state index < -0.39 is 23.6 Å². The van der Waals surface area contributed by atoms with Crippen LogP contribution in [0.2, 0.25) is 5.02 Å². The molecular weight excluding hydrogens is 296 g/mol. The van der Waals surface area contributed by atoms with Crippen molar-refractivity contribution in [2.45, 2.75) is 18.6 Å². The van der Waals surface area contributed by atoms with E-state index in [4.69, 9.17) is 17.3 Å². The van der Waals surface area contributed by atoms with Crippen molar-refractivity contribution in [1.82, 2.24) is 0 Å². The van der Waals surface area contributed by atoms with Crippen molar-refractivity contribution < 1.29 is 18.1 Å². The van der Waals surface area contributed by atoms with Crippen LogP contribution >= 0.6 is 24.0 Å². The highest BCUT2D eigenvalue weighted by molar-refractivity contribution is 6.31. The molecule has 9 heteroatoms. The van der Waals surface area contributed by atoms with Gasteiger partial charge in [-0.25, -0.2) is 0 Å². The van der Waals surface area contributed by atoms with Crippen molar-refractivity contribution >= 4 is 29.7 Å². The van der Waals surface area contributed by atoms with Gasteiger partial charge in [-0.3, -0.25) is 10.1 Å². The first-order valence-electron chi connectivity index (χ1n) is 4.47. The van der Waals surface area contributed by atoms with Crippen molar-refractivity contribution in [3.63, 3.8) is 0 Å². The smallest absolute Gasteiger partial charge is 0.324 e. The molecule has 1 aromatic carbocycles. The Labute approximate surface area is 111 Å². The topological polar surface area (TPSA) is 69.2 Å². The van der Waals surface area contributed by atoms with E-state index in [1.165, 1.54) is 0 Å². The molecule has 102 valence electrons. The molecule has 0 fully saturated rings. The Morgan fingerprint density at radius 2 is 2.00 bits per heavy atom. The molecule has 1 rings (SSSR count). The average Bonchev–Trinajstić information content (AvgIpc) is 2.14. The van der Waals surface area contributed by atoms with Gasteiger partial charge < -0.3 is 5.73 Å². The van der Waals surface area contributed by atoms with Crippen LogP contribution in [0, 0.1) is 10.1 Å². The maximum absolute atomic E-state index is 12.1. The molecule has 1 aromatic rings. The van der Waals surface area contributed by atoms with Crippen LogP contribution in [-0.4, -0.2) is 11.1 Å². The van der Waals surface area contributed by atoms with Crippen molar-refractivity contribution in [2.24, 2.45) is 5.73 Å². The van der Waals surface area contributed by atoms with E-state index in [1.807, 2.05) is 0 Å². The Hall–Kier alpha value is -1.05. The summed E-state index contributed by atoms with van der Waals surface area (Å²) in [6.45, 7) is 0. The fourth-order valence-electron chi connectivity index (χ4n) is 1.29. The van der Waals surface area contributed by atoms with Gasteiger partial charge in [-0.05, 0) is 11.6 Å². The molecule has 0 radical (unpaired) electrons. The number of hydrogen-bond donors (Lipinski definition) is 1. The van der Waals surface area contributed by atoms with E-state index >= 15 is 0 Å². The number of nitrogens with zero attached hydrogens (tertiary/aromatic N) is 1. The van der Waals surface area contributed by atoms with E-state index in [-0.39, 0.29) is 28.7 Å². The summed E-state index contributed by atoms with van der Waals surface area (Å²) in [5.74, 6) is 0. The molecule has 18 heavy (non-hydrogen) atoms. The minimum Gasteiger partial charge on any atom is -0.324 e. The summed E-state index contributed by atoms with van der Waals surface area (Å²) in [6.07, 6.45) is -5.73. The first-order chi connectivity index (χ1) is 7.70. The second-order valence-corrected chi connectivity index (χ2v) is 3.80. The van der Waals surface area contributed by atoms with Crippen molar-refractivity contribution in [3.8, 4) is 0 Å². The maximum Gasteiger partial charge on any atom is 0.390 e. The molecule has 0 saturated heterocycles. The largest absolute Gasteiger partial charge is 0.390 e. The molecule has 0 aliphatic carbocycles. The molecule has 0 aliphatic heterocycles. The summed E-state index contributed by atoms with van der Waals surface area (Å²) < 4.78 is 36.4. The first-order valence-corrected chi connectivity index (χ1v) is 4.84. The van der Waals surface area contributed by atoms with Gasteiger partial charge in [0.1, 0.15) is 0 Å². The zero-order valence-corrected chi connectivity index (χ0v) is 10.4. The molecule has 0 unspecified atom stereocenters. The lowest BCUT2D eigenvalue weighted by molar-refractivity contribution is -0.384. The molecule has 1 atom stereocenters. The predicted octanol–water partition coefficient (Wildman–Crippen LogP) is 3.62. The molecule has 4 nitrogen and oxygen atoms in total. The molecular formula is C9H9Cl2F3N2O2. The van der Waals surface area contributed by atoms with Gasteiger partial charge in [0, 0.05) is 23.2 Å². The van der Waals surface area contributed by atoms with Crippen LogP contribution in [0.15, 0.2) is 18.2 Å². The zero-order chi connectivity index (χ0) is 13.2. The highest BCUT2D eigenvalue weighted by Crippen LogP contribution is 2.33. The Bertz CT molecular complexity index is 440. The third kappa shape index (κ3) is 4.67. The lowest BCUT2D eigenvalue weighted by atomic mass is 10.0. The lowest BCUT2D eigenvalue weighted by Gasteiger charge is -2.15. The van der Waals surface area contributed by atoms with Gasteiger partial charge in [0.05, 0.1) is 11.3 Å². The normalized spacial score (nSPS) is 12.7. The SMILES string of the molecule is Cl.N[C@@H](CC(F)(F)F)c1cc([N+](=O)[O-])ccc1Cl. The number of nitro benzene ring substituents is 1. The van der Waals surface area contributed by atoms with Crippen molar-refractivity contribution in [2.75, 3.05) is 0 Å². The summed E-state index contributed by atoms with van der Waals surface area (Å²) in [7, 11) is 0. The van der Waals surface area contributed by atoms with Gasteiger partial charge in [0.15, 0.2) is 0 Å². The molecule has 2 N–H and O–H groups in total. The number of nitro groups is 1. The average molecular weight is 305 g/mol. The number of halogens is 5. The Balaban J connectivity index is 0.00000289. The van der Waals surface area contributed by atoms with Gasteiger partial charge in [-0.2, -0.15) is 13.2 Å². The molecule has 0 bridgehead atoms. The lowest BCUT2D eigenvalue weighted by Crippen LogP contribution is -2.20. The minimum atomic E-state index is -4.45. The van der Waals surface area contributed by atoms with Crippen LogP contribution < -0.4 is 5.73 Å². The number of non-ortho nitro benzene ring substituents is 1. The predicted molar refractivity (Wildman–Crippen MR) is 63.0 cm³/mol. The molecule has 0 aromatic heterocycles. The first kappa shape index (κ1) is 16.9. The van der Waals surface area contributed by atoms with Crippen LogP contribution in [0.5, 0.6) is 0 Å². The summed E-state index contributed by atoms with van der Waals surface area (Å²) in [5.41, 5.74) is 4.89. The third-order valence-electron chi connectivity index (χ3n) is 2.04. The second kappa shape index (κ2) is 6.21. The third-order valence-corrected chi connectivity index (χ3v) is 2.39. The van der Waals surface area contributed by atoms with Crippen LogP contribution in [0.4, 0.5) is 18.9 Å². The monoisotopic (exact) mass is 304 g/mol. The number of nitrogens with two attached hydrogens (primary N) is 1. The molecule has 0 saturated carbocycles. The maximum atomic E-state index is 12.1. The van der Waals surface area contributed by atoms with Crippen molar-refractivity contribution in [1.29, 1.82) is 0 Å². The summed E-state index contributed by atoms with van der Waals surface area (Å²) in [4.78, 5) is 9.75. The number of hydrogen-bond acceptors (Lipinski definition) is 3. The van der Waals surface area contributed by atoms with Crippen LogP contribution in [-0.2, 0) is 0 Å². The van der Waals surface area contributed by atoms with Crippen LogP contribution in [0.25, 0.3) is 0 Å². The van der Waals surface area contributed by atoms with E-state index in [1.54, 1.807) is 0 Å². The summed E-state index contributed by atoms with van der Waals surface area (Å²) in [5, 5.41) is 10.5. The number of benzene rings is 1. The highest BCUT2D eigenvalue weighted by Gasteiger charge is 2.32. The Morgan fingerprint density at radius 1 is 1.44 bits per heavy atom. The highest BCUT2D eigenvalue weighted by atomic mass is 35.5. The standard InChI is InChI=1S/C9H8ClF3N2O2.ClH/c10-7-2-1-5(15(16)17)3-6(7)8(14)4-9(11,12)13;/h1-3,8H,4,14H2;1H/t8-;/m0./s1. The number of alkyl halides is 3. The molecule has 0 amide bonds. The molecule has 0 aliphatic rings. The van der Waals surface area contributed by atoms with Crippen LogP contribution in [0.1, 0.15) is 18.0 Å².